The Bertz CT molecular complexity index is 768. The first kappa shape index (κ1) is 19.7. The van der Waals surface area contributed by atoms with Gasteiger partial charge in [-0.2, -0.15) is 0 Å². The van der Waals surface area contributed by atoms with E-state index in [4.69, 9.17) is 14.2 Å². The summed E-state index contributed by atoms with van der Waals surface area (Å²) >= 11 is 0. The van der Waals surface area contributed by atoms with E-state index < -0.39 is 0 Å². The van der Waals surface area contributed by atoms with Gasteiger partial charge in [-0.25, -0.2) is 0 Å². The van der Waals surface area contributed by atoms with Crippen molar-refractivity contribution in [3.8, 4) is 11.5 Å². The van der Waals surface area contributed by atoms with Crippen molar-refractivity contribution in [3.63, 3.8) is 0 Å². The molecule has 0 aromatic heterocycles. The van der Waals surface area contributed by atoms with Crippen molar-refractivity contribution in [1.29, 1.82) is 0 Å². The molecule has 2 unspecified atom stereocenters. The van der Waals surface area contributed by atoms with Crippen molar-refractivity contribution < 1.29 is 23.8 Å². The highest BCUT2D eigenvalue weighted by Gasteiger charge is 2.40. The number of amides is 1. The van der Waals surface area contributed by atoms with Crippen molar-refractivity contribution in [3.05, 3.63) is 59.7 Å². The molecule has 2 aromatic carbocycles. The monoisotopic (exact) mass is 383 g/mol. The van der Waals surface area contributed by atoms with Crippen molar-refractivity contribution in [2.45, 2.75) is 19.4 Å². The third kappa shape index (κ3) is 4.82. The number of hydrogen-bond acceptors (Lipinski definition) is 5. The normalized spacial score (nSPS) is 17.7. The number of methoxy groups -OCH3 is 2. The van der Waals surface area contributed by atoms with Crippen LogP contribution < -0.4 is 14.8 Å². The number of carbonyl (C=O) groups is 2. The molecule has 1 amide bonds. The molecule has 2 atom stereocenters. The third-order valence-corrected chi connectivity index (χ3v) is 4.96. The number of hydrogen-bond donors (Lipinski definition) is 1. The number of nitrogens with one attached hydrogen (secondary N) is 1. The Hall–Kier alpha value is -3.02. The molecule has 1 saturated carbocycles. The van der Waals surface area contributed by atoms with Gasteiger partial charge in [0.2, 0.25) is 0 Å². The van der Waals surface area contributed by atoms with E-state index in [1.807, 2.05) is 55.5 Å². The lowest BCUT2D eigenvalue weighted by molar-refractivity contribution is -0.150. The standard InChI is InChI=1S/C22H25NO5/c1-14-12-19(14)22(25)28-13-20(24)23-21(15-4-8-17(26-2)9-5-15)16-6-10-18(27-3)11-7-16/h4-11,14,19,21H,12-13H2,1-3H3,(H,23,24). The summed E-state index contributed by atoms with van der Waals surface area (Å²) in [7, 11) is 3.21. The van der Waals surface area contributed by atoms with Gasteiger partial charge in [-0.15, -0.1) is 0 Å². The molecule has 0 bridgehead atoms. The van der Waals surface area contributed by atoms with Gasteiger partial charge in [0.25, 0.3) is 5.91 Å². The lowest BCUT2D eigenvalue weighted by Gasteiger charge is -2.20. The molecule has 1 aliphatic carbocycles. The quantitative estimate of drug-likeness (QED) is 0.709. The number of carbonyl (C=O) groups excluding carboxylic acids is 2. The summed E-state index contributed by atoms with van der Waals surface area (Å²) in [5.41, 5.74) is 1.78. The Morgan fingerprint density at radius 1 is 0.964 bits per heavy atom. The first-order chi connectivity index (χ1) is 13.5. The maximum atomic E-state index is 12.4. The highest BCUT2D eigenvalue weighted by molar-refractivity contribution is 5.82. The molecule has 6 heteroatoms. The molecule has 1 fully saturated rings. The predicted molar refractivity (Wildman–Crippen MR) is 104 cm³/mol. The molecule has 0 spiro atoms. The van der Waals surface area contributed by atoms with E-state index in [-0.39, 0.29) is 30.4 Å². The molecule has 0 aliphatic heterocycles. The van der Waals surface area contributed by atoms with Gasteiger partial charge in [0.15, 0.2) is 6.61 Å². The van der Waals surface area contributed by atoms with Gasteiger partial charge < -0.3 is 19.5 Å². The van der Waals surface area contributed by atoms with Crippen LogP contribution in [0.5, 0.6) is 11.5 Å². The van der Waals surface area contributed by atoms with Crippen molar-refractivity contribution in [2.75, 3.05) is 20.8 Å². The average Bonchev–Trinajstić information content (AvgIpc) is 3.47. The Labute approximate surface area is 164 Å². The van der Waals surface area contributed by atoms with Crippen molar-refractivity contribution >= 4 is 11.9 Å². The van der Waals surface area contributed by atoms with Crippen LogP contribution in [-0.2, 0) is 14.3 Å². The minimum absolute atomic E-state index is 0.0632. The van der Waals surface area contributed by atoms with Gasteiger partial charge in [0.1, 0.15) is 11.5 Å². The van der Waals surface area contributed by atoms with Gasteiger partial charge in [-0.3, -0.25) is 9.59 Å². The van der Waals surface area contributed by atoms with Gasteiger partial charge in [-0.1, -0.05) is 31.2 Å². The second-order valence-corrected chi connectivity index (χ2v) is 6.97. The van der Waals surface area contributed by atoms with Crippen LogP contribution in [0.1, 0.15) is 30.5 Å². The number of benzene rings is 2. The van der Waals surface area contributed by atoms with Gasteiger partial charge >= 0.3 is 5.97 Å². The van der Waals surface area contributed by atoms with Crippen LogP contribution in [0.2, 0.25) is 0 Å². The highest BCUT2D eigenvalue weighted by atomic mass is 16.5. The summed E-state index contributed by atoms with van der Waals surface area (Å²) < 4.78 is 15.6. The number of esters is 1. The minimum atomic E-state index is -0.386. The molecule has 6 nitrogen and oxygen atoms in total. The number of ether oxygens (including phenoxy) is 3. The fourth-order valence-corrected chi connectivity index (χ4v) is 3.05. The summed E-state index contributed by atoms with van der Waals surface area (Å²) in [6.45, 7) is 1.71. The van der Waals surface area contributed by atoms with Crippen LogP contribution in [0.4, 0.5) is 0 Å². The molecule has 2 aromatic rings. The lowest BCUT2D eigenvalue weighted by Crippen LogP contribution is -2.33. The van der Waals surface area contributed by atoms with Crippen LogP contribution in [0.25, 0.3) is 0 Å². The van der Waals surface area contributed by atoms with E-state index in [1.165, 1.54) is 0 Å². The minimum Gasteiger partial charge on any atom is -0.497 e. The van der Waals surface area contributed by atoms with E-state index in [0.717, 1.165) is 29.0 Å². The van der Waals surface area contributed by atoms with E-state index >= 15 is 0 Å². The molecular weight excluding hydrogens is 358 g/mol. The Kier molecular flexibility index (Phi) is 6.19. The smallest absolute Gasteiger partial charge is 0.309 e. The fourth-order valence-electron chi connectivity index (χ4n) is 3.05. The zero-order chi connectivity index (χ0) is 20.1. The predicted octanol–water partition coefficient (Wildman–Crippen LogP) is 3.11. The molecule has 148 valence electrons. The van der Waals surface area contributed by atoms with Crippen LogP contribution >= 0.6 is 0 Å². The maximum absolute atomic E-state index is 12.4. The highest BCUT2D eigenvalue weighted by Crippen LogP contribution is 2.38. The second-order valence-electron chi connectivity index (χ2n) is 6.97. The van der Waals surface area contributed by atoms with Gasteiger partial charge in [-0.05, 0) is 47.7 Å². The van der Waals surface area contributed by atoms with Gasteiger partial charge in [0, 0.05) is 0 Å². The van der Waals surface area contributed by atoms with Crippen molar-refractivity contribution in [1.82, 2.24) is 5.32 Å². The first-order valence-electron chi connectivity index (χ1n) is 9.25. The Morgan fingerprint density at radius 2 is 1.43 bits per heavy atom. The summed E-state index contributed by atoms with van der Waals surface area (Å²) in [4.78, 5) is 24.3. The first-order valence-corrected chi connectivity index (χ1v) is 9.25. The fraction of sp³-hybridized carbons (Fsp3) is 0.364. The summed E-state index contributed by atoms with van der Waals surface area (Å²) in [6, 6.07) is 14.6. The molecule has 28 heavy (non-hydrogen) atoms. The van der Waals surface area contributed by atoms with E-state index in [9.17, 15) is 9.59 Å². The maximum Gasteiger partial charge on any atom is 0.309 e. The molecule has 3 rings (SSSR count). The van der Waals surface area contributed by atoms with Gasteiger partial charge in [0.05, 0.1) is 26.2 Å². The second kappa shape index (κ2) is 8.78. The Balaban J connectivity index is 1.72. The third-order valence-electron chi connectivity index (χ3n) is 4.96. The molecule has 0 saturated heterocycles. The zero-order valence-corrected chi connectivity index (χ0v) is 16.3. The molecule has 1 N–H and O–H groups in total. The average molecular weight is 383 g/mol. The Morgan fingerprint density at radius 3 is 1.82 bits per heavy atom. The van der Waals surface area contributed by atoms with Crippen LogP contribution in [-0.4, -0.2) is 32.7 Å². The summed E-state index contributed by atoms with van der Waals surface area (Å²) in [5, 5.41) is 2.95. The summed E-state index contributed by atoms with van der Waals surface area (Å²) in [5.74, 6) is 1.10. The van der Waals surface area contributed by atoms with Crippen LogP contribution in [0.15, 0.2) is 48.5 Å². The molecular formula is C22H25NO5. The van der Waals surface area contributed by atoms with Crippen LogP contribution in [0.3, 0.4) is 0 Å². The molecule has 1 aliphatic rings. The lowest BCUT2D eigenvalue weighted by atomic mass is 9.98. The SMILES string of the molecule is COc1ccc(C(NC(=O)COC(=O)C2CC2C)c2ccc(OC)cc2)cc1. The zero-order valence-electron chi connectivity index (χ0n) is 16.3. The van der Waals surface area contributed by atoms with E-state index in [2.05, 4.69) is 5.32 Å². The van der Waals surface area contributed by atoms with E-state index in [0.29, 0.717) is 5.92 Å². The van der Waals surface area contributed by atoms with Crippen molar-refractivity contribution in [2.24, 2.45) is 11.8 Å². The molecule has 0 radical (unpaired) electrons. The number of rotatable bonds is 8. The topological polar surface area (TPSA) is 73.9 Å². The molecule has 0 heterocycles. The van der Waals surface area contributed by atoms with Crippen LogP contribution in [0, 0.1) is 11.8 Å². The van der Waals surface area contributed by atoms with E-state index in [1.54, 1.807) is 14.2 Å². The largest absolute Gasteiger partial charge is 0.497 e. The summed E-state index contributed by atoms with van der Waals surface area (Å²) in [6.07, 6.45) is 0.834.